The molecule has 0 amide bonds. The van der Waals surface area contributed by atoms with E-state index < -0.39 is 17.1 Å². The van der Waals surface area contributed by atoms with Crippen molar-refractivity contribution in [2.24, 2.45) is 5.92 Å². The number of benzene rings is 1. The predicted octanol–water partition coefficient (Wildman–Crippen LogP) is 1.66. The number of fused-ring (bicyclic) bond motifs is 1. The van der Waals surface area contributed by atoms with Gasteiger partial charge in [0.05, 0.1) is 10.9 Å². The van der Waals surface area contributed by atoms with Gasteiger partial charge in [0.15, 0.2) is 0 Å². The summed E-state index contributed by atoms with van der Waals surface area (Å²) < 4.78 is 16.9. The van der Waals surface area contributed by atoms with Crippen molar-refractivity contribution in [1.29, 1.82) is 5.41 Å². The number of halogens is 1. The minimum absolute atomic E-state index is 0.0372. The molecule has 27 heavy (non-hydrogen) atoms. The smallest absolute Gasteiger partial charge is 0.332 e. The Hall–Kier alpha value is -2.48. The largest absolute Gasteiger partial charge is 0.350 e. The lowest BCUT2D eigenvalue weighted by Crippen LogP contribution is -2.44. The normalized spacial score (nSPS) is 16.5. The first-order valence-corrected chi connectivity index (χ1v) is 9.19. The van der Waals surface area contributed by atoms with E-state index in [1.54, 1.807) is 6.92 Å². The average molecular weight is 375 g/mol. The minimum atomic E-state index is -0.718. The van der Waals surface area contributed by atoms with Crippen molar-refractivity contribution >= 4 is 16.6 Å². The maximum atomic E-state index is 14.9. The molecule has 0 spiro atoms. The van der Waals surface area contributed by atoms with Gasteiger partial charge in [-0.05, 0) is 57.7 Å². The van der Waals surface area contributed by atoms with Crippen LogP contribution in [0.5, 0.6) is 0 Å². The van der Waals surface area contributed by atoms with Gasteiger partial charge in [-0.2, -0.15) is 4.68 Å². The summed E-state index contributed by atoms with van der Waals surface area (Å²) in [7, 11) is 1.85. The summed E-state index contributed by atoms with van der Waals surface area (Å²) >= 11 is 0. The zero-order valence-corrected chi connectivity index (χ0v) is 16.1. The van der Waals surface area contributed by atoms with E-state index in [0.29, 0.717) is 22.2 Å². The third-order valence-electron chi connectivity index (χ3n) is 5.65. The number of nitrogens with zero attached hydrogens (tertiary/aromatic N) is 2. The number of rotatable bonds is 6. The highest BCUT2D eigenvalue weighted by molar-refractivity contribution is 6.03. The van der Waals surface area contributed by atoms with E-state index in [4.69, 9.17) is 11.3 Å². The summed E-state index contributed by atoms with van der Waals surface area (Å²) in [6.45, 7) is 5.67. The third-order valence-corrected chi connectivity index (χ3v) is 5.65. The summed E-state index contributed by atoms with van der Waals surface area (Å²) in [6, 6.07) is 1.25. The van der Waals surface area contributed by atoms with Gasteiger partial charge in [-0.15, -0.1) is 0 Å². The summed E-state index contributed by atoms with van der Waals surface area (Å²) in [4.78, 5) is 25.0. The number of aryl methyl sites for hydroxylation is 1. The molecule has 146 valence electrons. The van der Waals surface area contributed by atoms with Crippen LogP contribution in [0.25, 0.3) is 10.9 Å². The van der Waals surface area contributed by atoms with Crippen LogP contribution in [0.1, 0.15) is 50.3 Å². The fourth-order valence-corrected chi connectivity index (χ4v) is 3.60. The van der Waals surface area contributed by atoms with E-state index in [-0.39, 0.29) is 34.7 Å². The first-order chi connectivity index (χ1) is 12.7. The van der Waals surface area contributed by atoms with Crippen LogP contribution in [-0.2, 0) is 0 Å². The maximum Gasteiger partial charge on any atom is 0.350 e. The Balaban J connectivity index is 2.23. The number of nitrogens with one attached hydrogen (secondary N) is 2. The van der Waals surface area contributed by atoms with E-state index in [1.807, 2.05) is 20.9 Å². The zero-order chi connectivity index (χ0) is 20.0. The lowest BCUT2D eigenvalue weighted by Gasteiger charge is -2.21. The molecule has 1 saturated carbocycles. The Morgan fingerprint density at radius 3 is 2.59 bits per heavy atom. The number of aromatic nitrogens is 2. The highest BCUT2D eigenvalue weighted by Gasteiger charge is 2.30. The quantitative estimate of drug-likeness (QED) is 0.527. The van der Waals surface area contributed by atoms with Crippen LogP contribution in [-0.4, -0.2) is 28.0 Å². The Kier molecular flexibility index (Phi) is 4.94. The molecule has 1 aliphatic carbocycles. The monoisotopic (exact) mass is 375 g/mol. The van der Waals surface area contributed by atoms with Crippen molar-refractivity contribution in [2.75, 3.05) is 12.9 Å². The van der Waals surface area contributed by atoms with Crippen molar-refractivity contribution in [2.45, 2.75) is 52.1 Å². The van der Waals surface area contributed by atoms with E-state index in [9.17, 15) is 14.0 Å². The van der Waals surface area contributed by atoms with E-state index in [0.717, 1.165) is 18.9 Å². The molecule has 1 aromatic carbocycles. The first-order valence-electron chi connectivity index (χ1n) is 9.19. The maximum absolute atomic E-state index is 14.9. The van der Waals surface area contributed by atoms with Crippen LogP contribution in [0, 0.1) is 24.1 Å². The molecule has 1 aliphatic rings. The van der Waals surface area contributed by atoms with E-state index in [2.05, 4.69) is 5.32 Å². The molecule has 1 aromatic heterocycles. The Morgan fingerprint density at radius 1 is 1.41 bits per heavy atom. The molecule has 0 aliphatic heterocycles. The molecule has 3 rings (SSSR count). The number of hydrogen-bond acceptors (Lipinski definition) is 5. The van der Waals surface area contributed by atoms with Crippen molar-refractivity contribution in [3.63, 3.8) is 0 Å². The number of nitrogen functional groups attached to an aromatic ring is 1. The molecule has 1 heterocycles. The van der Waals surface area contributed by atoms with Crippen molar-refractivity contribution < 1.29 is 4.39 Å². The summed E-state index contributed by atoms with van der Waals surface area (Å²) in [5.41, 5.74) is -0.150. The number of hydrogen-bond donors (Lipinski definition) is 3. The van der Waals surface area contributed by atoms with Gasteiger partial charge in [-0.1, -0.05) is 6.92 Å². The van der Waals surface area contributed by atoms with Gasteiger partial charge >= 0.3 is 5.69 Å². The second-order valence-corrected chi connectivity index (χ2v) is 7.55. The molecular formula is C19H26FN5O2. The summed E-state index contributed by atoms with van der Waals surface area (Å²) in [6.07, 6.45) is 2.01. The third kappa shape index (κ3) is 3.18. The van der Waals surface area contributed by atoms with Gasteiger partial charge in [0.1, 0.15) is 5.82 Å². The predicted molar refractivity (Wildman–Crippen MR) is 105 cm³/mol. The zero-order valence-electron chi connectivity index (χ0n) is 16.1. The molecule has 2 aromatic rings. The molecule has 4 N–H and O–H groups in total. The second kappa shape index (κ2) is 6.92. The molecule has 0 unspecified atom stereocenters. The molecular weight excluding hydrogens is 349 g/mol. The second-order valence-electron chi connectivity index (χ2n) is 7.55. The van der Waals surface area contributed by atoms with Gasteiger partial charge < -0.3 is 16.6 Å². The van der Waals surface area contributed by atoms with Crippen LogP contribution < -0.4 is 22.4 Å². The lowest BCUT2D eigenvalue weighted by atomic mass is 9.91. The fraction of sp³-hybridized carbons (Fsp3) is 0.526. The standard InChI is InChI=1S/C19H26FN5O2/c1-9(11(3)23-4)7-15(21)16-10(2)17-13(8-14(16)20)18(26)25(22)19(27)24(17)12-5-6-12/h8-9,11-12,21,23H,5-7,22H2,1-4H3/t9-,11+/m1/s1. The molecule has 7 nitrogen and oxygen atoms in total. The van der Waals surface area contributed by atoms with Crippen LogP contribution in [0.3, 0.4) is 0 Å². The van der Waals surface area contributed by atoms with Gasteiger partial charge in [0.25, 0.3) is 5.56 Å². The van der Waals surface area contributed by atoms with Crippen LogP contribution >= 0.6 is 0 Å². The Bertz CT molecular complexity index is 1040. The van der Waals surface area contributed by atoms with Crippen LogP contribution in [0.4, 0.5) is 4.39 Å². The fourth-order valence-electron chi connectivity index (χ4n) is 3.60. The Labute approximate surface area is 156 Å². The summed E-state index contributed by atoms with van der Waals surface area (Å²) in [5.74, 6) is 5.12. The highest BCUT2D eigenvalue weighted by atomic mass is 19.1. The van der Waals surface area contributed by atoms with Gasteiger partial charge in [0, 0.05) is 23.4 Å². The van der Waals surface area contributed by atoms with Gasteiger partial charge in [0.2, 0.25) is 0 Å². The topological polar surface area (TPSA) is 106 Å². The first kappa shape index (κ1) is 19.3. The van der Waals surface area contributed by atoms with Crippen molar-refractivity contribution in [3.8, 4) is 0 Å². The van der Waals surface area contributed by atoms with E-state index in [1.165, 1.54) is 4.57 Å². The minimum Gasteiger partial charge on any atom is -0.332 e. The Morgan fingerprint density at radius 2 is 2.04 bits per heavy atom. The van der Waals surface area contributed by atoms with E-state index >= 15 is 0 Å². The van der Waals surface area contributed by atoms with Crippen LogP contribution in [0.2, 0.25) is 0 Å². The molecule has 0 bridgehead atoms. The van der Waals surface area contributed by atoms with Crippen molar-refractivity contribution in [3.05, 3.63) is 43.8 Å². The van der Waals surface area contributed by atoms with Crippen molar-refractivity contribution in [1.82, 2.24) is 14.6 Å². The van der Waals surface area contributed by atoms with Gasteiger partial charge in [-0.3, -0.25) is 9.36 Å². The average Bonchev–Trinajstić information content (AvgIpc) is 3.45. The molecule has 0 saturated heterocycles. The summed E-state index contributed by atoms with van der Waals surface area (Å²) in [5, 5.41) is 11.7. The molecule has 2 atom stereocenters. The lowest BCUT2D eigenvalue weighted by molar-refractivity contribution is 0.437. The number of nitrogens with two attached hydrogens (primary N) is 1. The van der Waals surface area contributed by atoms with Crippen LogP contribution in [0.15, 0.2) is 15.7 Å². The molecule has 8 heteroatoms. The highest BCUT2D eigenvalue weighted by Crippen LogP contribution is 2.37. The van der Waals surface area contributed by atoms with Gasteiger partial charge in [-0.25, -0.2) is 9.18 Å². The molecule has 0 radical (unpaired) electrons. The SMILES string of the molecule is CN[C@@H](C)[C@H](C)CC(=N)c1c(F)cc2c(=O)n(N)c(=O)n(C3CC3)c2c1C. The molecule has 1 fully saturated rings.